The Morgan fingerprint density at radius 2 is 1.59 bits per heavy atom. The summed E-state index contributed by atoms with van der Waals surface area (Å²) in [6.45, 7) is 7.23. The number of nitrogens with one attached hydrogen (secondary N) is 4. The van der Waals surface area contributed by atoms with Gasteiger partial charge in [0.2, 0.25) is 17.7 Å². The first-order valence-electron chi connectivity index (χ1n) is 10.9. The van der Waals surface area contributed by atoms with E-state index in [1.807, 2.05) is 13.8 Å². The number of amides is 3. The summed E-state index contributed by atoms with van der Waals surface area (Å²) in [5.74, 6) is -5.22. The molecule has 13 heteroatoms. The van der Waals surface area contributed by atoms with Crippen LogP contribution in [0.5, 0.6) is 0 Å². The highest BCUT2D eigenvalue weighted by atomic mass is 16.4. The van der Waals surface area contributed by atoms with Gasteiger partial charge in [0.15, 0.2) is 0 Å². The number of H-pyrrole nitrogens is 1. The van der Waals surface area contributed by atoms with Gasteiger partial charge in [-0.25, -0.2) is 9.78 Å². The summed E-state index contributed by atoms with van der Waals surface area (Å²) < 4.78 is 0. The summed E-state index contributed by atoms with van der Waals surface area (Å²) >= 11 is 0. The first kappa shape index (κ1) is 28.6. The van der Waals surface area contributed by atoms with E-state index in [1.54, 1.807) is 13.8 Å². The summed E-state index contributed by atoms with van der Waals surface area (Å²) in [5, 5.41) is 25.4. The lowest BCUT2D eigenvalue weighted by atomic mass is 9.99. The maximum atomic E-state index is 13.0. The average molecular weight is 483 g/mol. The number of carbonyl (C=O) groups is 5. The average Bonchev–Trinajstić information content (AvgIpc) is 3.22. The normalized spacial score (nSPS) is 14.7. The van der Waals surface area contributed by atoms with Crippen LogP contribution in [0.15, 0.2) is 12.5 Å². The minimum atomic E-state index is -1.69. The number of hydrogen-bond donors (Lipinski definition) is 7. The molecule has 0 aliphatic heterocycles. The van der Waals surface area contributed by atoms with E-state index >= 15 is 0 Å². The van der Waals surface area contributed by atoms with Gasteiger partial charge in [0.1, 0.15) is 18.1 Å². The summed E-state index contributed by atoms with van der Waals surface area (Å²) in [6, 6.07) is -4.80. The molecule has 3 amide bonds. The second-order valence-corrected chi connectivity index (χ2v) is 8.81. The van der Waals surface area contributed by atoms with Gasteiger partial charge in [-0.3, -0.25) is 19.2 Å². The van der Waals surface area contributed by atoms with E-state index < -0.39 is 60.2 Å². The predicted octanol–water partition coefficient (Wildman–Crippen LogP) is -1.00. The Bertz CT molecular complexity index is 856. The van der Waals surface area contributed by atoms with Gasteiger partial charge in [-0.15, -0.1) is 0 Å². The smallest absolute Gasteiger partial charge is 0.326 e. The number of nitrogens with zero attached hydrogens (tertiary/aromatic N) is 1. The fourth-order valence-electron chi connectivity index (χ4n) is 3.14. The molecule has 0 aliphatic carbocycles. The van der Waals surface area contributed by atoms with Crippen molar-refractivity contribution in [3.8, 4) is 0 Å². The van der Waals surface area contributed by atoms with Gasteiger partial charge >= 0.3 is 11.9 Å². The molecule has 190 valence electrons. The summed E-state index contributed by atoms with van der Waals surface area (Å²) in [6.07, 6.45) is 2.28. The van der Waals surface area contributed by atoms with Crippen molar-refractivity contribution in [1.29, 1.82) is 0 Å². The molecule has 1 rings (SSSR count). The third kappa shape index (κ3) is 9.57. The molecule has 4 unspecified atom stereocenters. The minimum absolute atomic E-state index is 0.0807. The third-order valence-electron chi connectivity index (χ3n) is 4.91. The highest BCUT2D eigenvalue weighted by Gasteiger charge is 2.32. The summed E-state index contributed by atoms with van der Waals surface area (Å²) in [7, 11) is 0. The highest BCUT2D eigenvalue weighted by molar-refractivity contribution is 5.94. The van der Waals surface area contributed by atoms with Crippen molar-refractivity contribution in [2.24, 2.45) is 17.6 Å². The molecule has 8 N–H and O–H groups in total. The minimum Gasteiger partial charge on any atom is -0.481 e. The van der Waals surface area contributed by atoms with Crippen LogP contribution < -0.4 is 21.7 Å². The van der Waals surface area contributed by atoms with Crippen molar-refractivity contribution in [2.45, 2.75) is 71.1 Å². The number of aliphatic carboxylic acids is 2. The third-order valence-corrected chi connectivity index (χ3v) is 4.91. The van der Waals surface area contributed by atoms with Gasteiger partial charge in [0.25, 0.3) is 0 Å². The second-order valence-electron chi connectivity index (χ2n) is 8.81. The molecule has 1 aromatic rings. The molecule has 0 bridgehead atoms. The first-order chi connectivity index (χ1) is 15.8. The van der Waals surface area contributed by atoms with Gasteiger partial charge in [0.05, 0.1) is 18.8 Å². The van der Waals surface area contributed by atoms with Crippen molar-refractivity contribution in [2.75, 3.05) is 0 Å². The van der Waals surface area contributed by atoms with E-state index in [2.05, 4.69) is 25.9 Å². The number of imidazole rings is 1. The molecular weight excluding hydrogens is 448 g/mol. The summed E-state index contributed by atoms with van der Waals surface area (Å²) in [4.78, 5) is 67.2. The number of aromatic nitrogens is 2. The number of carboxylic acid groups (broad SMARTS) is 2. The zero-order valence-corrected chi connectivity index (χ0v) is 19.7. The molecule has 0 aliphatic rings. The van der Waals surface area contributed by atoms with Crippen LogP contribution >= 0.6 is 0 Å². The Morgan fingerprint density at radius 3 is 2.06 bits per heavy atom. The van der Waals surface area contributed by atoms with Crippen molar-refractivity contribution in [3.63, 3.8) is 0 Å². The van der Waals surface area contributed by atoms with Gasteiger partial charge in [0, 0.05) is 18.3 Å². The number of nitrogens with two attached hydrogens (primary N) is 1. The van der Waals surface area contributed by atoms with Crippen LogP contribution in [0.2, 0.25) is 0 Å². The van der Waals surface area contributed by atoms with E-state index in [0.29, 0.717) is 12.1 Å². The van der Waals surface area contributed by atoms with Crippen molar-refractivity contribution in [3.05, 3.63) is 18.2 Å². The lowest BCUT2D eigenvalue weighted by molar-refractivity contribution is -0.147. The SMILES string of the molecule is CC(C)CC(N)C(=O)NC(C(=O)NC(Cc1cnc[nH]1)C(=O)NC(CC(=O)O)C(=O)O)C(C)C. The highest BCUT2D eigenvalue weighted by Crippen LogP contribution is 2.08. The number of rotatable bonds is 14. The molecule has 4 atom stereocenters. The van der Waals surface area contributed by atoms with Crippen LogP contribution in [0, 0.1) is 11.8 Å². The largest absolute Gasteiger partial charge is 0.481 e. The zero-order valence-electron chi connectivity index (χ0n) is 19.7. The molecule has 0 fully saturated rings. The molecule has 34 heavy (non-hydrogen) atoms. The van der Waals surface area contributed by atoms with Crippen LogP contribution in [-0.2, 0) is 30.4 Å². The van der Waals surface area contributed by atoms with E-state index in [1.165, 1.54) is 12.5 Å². The van der Waals surface area contributed by atoms with Crippen LogP contribution in [0.3, 0.4) is 0 Å². The zero-order chi connectivity index (χ0) is 26.0. The molecule has 0 spiro atoms. The molecule has 13 nitrogen and oxygen atoms in total. The van der Waals surface area contributed by atoms with Crippen LogP contribution in [0.4, 0.5) is 0 Å². The monoisotopic (exact) mass is 482 g/mol. The van der Waals surface area contributed by atoms with Crippen molar-refractivity contribution < 1.29 is 34.2 Å². The molecule has 0 saturated heterocycles. The van der Waals surface area contributed by atoms with Crippen molar-refractivity contribution in [1.82, 2.24) is 25.9 Å². The van der Waals surface area contributed by atoms with E-state index in [4.69, 9.17) is 10.8 Å². The Morgan fingerprint density at radius 1 is 0.971 bits per heavy atom. The van der Waals surface area contributed by atoms with Crippen LogP contribution in [-0.4, -0.2) is 74.0 Å². The Hall–Kier alpha value is -3.48. The molecule has 1 heterocycles. The molecule has 0 radical (unpaired) electrons. The molecule has 1 aromatic heterocycles. The van der Waals surface area contributed by atoms with Crippen LogP contribution in [0.1, 0.15) is 46.2 Å². The maximum Gasteiger partial charge on any atom is 0.326 e. The Labute approximate surface area is 197 Å². The van der Waals surface area contributed by atoms with Gasteiger partial charge in [-0.2, -0.15) is 0 Å². The second kappa shape index (κ2) is 13.3. The van der Waals surface area contributed by atoms with Crippen LogP contribution in [0.25, 0.3) is 0 Å². The van der Waals surface area contributed by atoms with E-state index in [9.17, 15) is 29.1 Å². The molecular formula is C21H34N6O7. The van der Waals surface area contributed by atoms with Gasteiger partial charge in [-0.05, 0) is 18.3 Å². The fourth-order valence-corrected chi connectivity index (χ4v) is 3.14. The topological polar surface area (TPSA) is 217 Å². The van der Waals surface area contributed by atoms with Crippen molar-refractivity contribution >= 4 is 29.7 Å². The Kier molecular flexibility index (Phi) is 11.2. The standard InChI is InChI=1S/C21H34N6O7/c1-10(2)5-13(22)18(30)27-17(11(3)4)20(32)25-14(6-12-8-23-9-24-12)19(31)26-15(21(33)34)7-16(28)29/h8-11,13-15,17H,5-7,22H2,1-4H3,(H,23,24)(H,25,32)(H,26,31)(H,27,30)(H,28,29)(H,33,34). The lowest BCUT2D eigenvalue weighted by Gasteiger charge is -2.27. The van der Waals surface area contributed by atoms with E-state index in [0.717, 1.165) is 0 Å². The quantitative estimate of drug-likeness (QED) is 0.173. The predicted molar refractivity (Wildman–Crippen MR) is 120 cm³/mol. The number of carboxylic acids is 2. The van der Waals surface area contributed by atoms with Gasteiger partial charge < -0.3 is 36.9 Å². The fraction of sp³-hybridized carbons (Fsp3) is 0.619. The Balaban J connectivity index is 3.03. The first-order valence-corrected chi connectivity index (χ1v) is 10.9. The summed E-state index contributed by atoms with van der Waals surface area (Å²) in [5.41, 5.74) is 6.37. The number of carbonyl (C=O) groups excluding carboxylic acids is 3. The lowest BCUT2D eigenvalue weighted by Crippen LogP contribution is -2.59. The molecule has 0 aromatic carbocycles. The van der Waals surface area contributed by atoms with Gasteiger partial charge in [-0.1, -0.05) is 27.7 Å². The maximum absolute atomic E-state index is 13.0. The molecule has 0 saturated carbocycles. The number of hydrogen-bond acceptors (Lipinski definition) is 7. The van der Waals surface area contributed by atoms with E-state index in [-0.39, 0.29) is 18.3 Å². The number of aromatic amines is 1.